The number of fused-ring (bicyclic) bond motifs is 1. The van der Waals surface area contributed by atoms with Crippen LogP contribution >= 0.6 is 11.6 Å². The van der Waals surface area contributed by atoms with E-state index in [4.69, 9.17) is 17.3 Å². The zero-order chi connectivity index (χ0) is 13.6. The van der Waals surface area contributed by atoms with Crippen molar-refractivity contribution in [3.63, 3.8) is 0 Å². The quantitative estimate of drug-likeness (QED) is 0.730. The van der Waals surface area contributed by atoms with Crippen LogP contribution in [0.25, 0.3) is 16.7 Å². The number of hydrogen-bond acceptors (Lipinski definition) is 2. The molecule has 0 aliphatic carbocycles. The predicted molar refractivity (Wildman–Crippen MR) is 80.0 cm³/mol. The molecule has 0 atom stereocenters. The summed E-state index contributed by atoms with van der Waals surface area (Å²) in [5.41, 5.74) is 11.1. The Labute approximate surface area is 116 Å². The van der Waals surface area contributed by atoms with Gasteiger partial charge >= 0.3 is 0 Å². The van der Waals surface area contributed by atoms with Gasteiger partial charge in [0.1, 0.15) is 0 Å². The van der Waals surface area contributed by atoms with Crippen molar-refractivity contribution in [1.29, 1.82) is 0 Å². The van der Waals surface area contributed by atoms with Crippen LogP contribution in [0.1, 0.15) is 11.1 Å². The van der Waals surface area contributed by atoms with Gasteiger partial charge in [-0.05, 0) is 49.2 Å². The molecule has 0 bridgehead atoms. The lowest BCUT2D eigenvalue weighted by Crippen LogP contribution is -2.02. The SMILES string of the molecule is Cc1ccc2c(c1)nc(N)n2-c1cccc(Cl)c1C. The van der Waals surface area contributed by atoms with Crippen LogP contribution in [0.3, 0.4) is 0 Å². The molecule has 2 N–H and O–H groups in total. The first-order valence-electron chi connectivity index (χ1n) is 6.08. The van der Waals surface area contributed by atoms with E-state index >= 15 is 0 Å². The van der Waals surface area contributed by atoms with Gasteiger partial charge in [-0.2, -0.15) is 0 Å². The van der Waals surface area contributed by atoms with Crippen molar-refractivity contribution in [3.8, 4) is 5.69 Å². The number of nitrogens with two attached hydrogens (primary N) is 1. The Bertz CT molecular complexity index is 774. The average molecular weight is 272 g/mol. The summed E-state index contributed by atoms with van der Waals surface area (Å²) in [6.45, 7) is 4.02. The fourth-order valence-corrected chi connectivity index (χ4v) is 2.47. The molecule has 1 heterocycles. The average Bonchev–Trinajstić information content (AvgIpc) is 2.68. The van der Waals surface area contributed by atoms with Crippen molar-refractivity contribution in [2.24, 2.45) is 0 Å². The molecule has 0 aliphatic heterocycles. The molecule has 0 aliphatic rings. The summed E-state index contributed by atoms with van der Waals surface area (Å²) in [4.78, 5) is 4.42. The monoisotopic (exact) mass is 271 g/mol. The van der Waals surface area contributed by atoms with E-state index in [9.17, 15) is 0 Å². The number of hydrogen-bond donors (Lipinski definition) is 1. The van der Waals surface area contributed by atoms with E-state index in [1.54, 1.807) is 0 Å². The van der Waals surface area contributed by atoms with Gasteiger partial charge in [-0.15, -0.1) is 0 Å². The first kappa shape index (κ1) is 12.1. The number of imidazole rings is 1. The van der Waals surface area contributed by atoms with Crippen molar-refractivity contribution in [2.45, 2.75) is 13.8 Å². The molecular formula is C15H14ClN3. The lowest BCUT2D eigenvalue weighted by molar-refractivity contribution is 1.09. The molecule has 3 aromatic rings. The van der Waals surface area contributed by atoms with Gasteiger partial charge in [0.25, 0.3) is 0 Å². The smallest absolute Gasteiger partial charge is 0.205 e. The summed E-state index contributed by atoms with van der Waals surface area (Å²) in [5, 5.41) is 0.728. The molecule has 0 saturated heterocycles. The highest BCUT2D eigenvalue weighted by atomic mass is 35.5. The largest absolute Gasteiger partial charge is 0.369 e. The lowest BCUT2D eigenvalue weighted by atomic mass is 10.2. The summed E-state index contributed by atoms with van der Waals surface area (Å²) in [7, 11) is 0. The predicted octanol–water partition coefficient (Wildman–Crippen LogP) is 3.88. The first-order valence-corrected chi connectivity index (χ1v) is 6.46. The summed E-state index contributed by atoms with van der Waals surface area (Å²) < 4.78 is 1.94. The normalized spacial score (nSPS) is 11.1. The highest BCUT2D eigenvalue weighted by Crippen LogP contribution is 2.28. The Balaban J connectivity index is 2.36. The van der Waals surface area contributed by atoms with Gasteiger partial charge in [-0.3, -0.25) is 4.57 Å². The molecule has 0 fully saturated rings. The summed E-state index contributed by atoms with van der Waals surface area (Å²) in [6, 6.07) is 11.9. The van der Waals surface area contributed by atoms with Crippen LogP contribution in [-0.4, -0.2) is 9.55 Å². The molecule has 0 radical (unpaired) electrons. The van der Waals surface area contributed by atoms with Gasteiger partial charge in [-0.25, -0.2) is 4.98 Å². The maximum Gasteiger partial charge on any atom is 0.205 e. The zero-order valence-electron chi connectivity index (χ0n) is 10.8. The molecule has 0 spiro atoms. The summed E-state index contributed by atoms with van der Waals surface area (Å²) >= 11 is 6.18. The van der Waals surface area contributed by atoms with Crippen molar-refractivity contribution < 1.29 is 0 Å². The lowest BCUT2D eigenvalue weighted by Gasteiger charge is -2.11. The highest BCUT2D eigenvalue weighted by Gasteiger charge is 2.12. The maximum absolute atomic E-state index is 6.18. The molecule has 4 heteroatoms. The second-order valence-electron chi connectivity index (χ2n) is 4.68. The third-order valence-electron chi connectivity index (χ3n) is 3.32. The minimum atomic E-state index is 0.478. The van der Waals surface area contributed by atoms with E-state index in [1.807, 2.05) is 48.7 Å². The maximum atomic E-state index is 6.18. The number of benzene rings is 2. The van der Waals surface area contributed by atoms with Crippen LogP contribution < -0.4 is 5.73 Å². The number of anilines is 1. The standard InChI is InChI=1S/C15H14ClN3/c1-9-6-7-14-12(8-9)18-15(17)19(14)13-5-3-4-11(16)10(13)2/h3-8H,1-2H3,(H2,17,18). The number of aryl methyl sites for hydroxylation is 1. The summed E-state index contributed by atoms with van der Waals surface area (Å²) in [5.74, 6) is 0.478. The van der Waals surface area contributed by atoms with Crippen molar-refractivity contribution in [3.05, 3.63) is 52.5 Å². The van der Waals surface area contributed by atoms with Crippen molar-refractivity contribution >= 4 is 28.6 Å². The fraction of sp³-hybridized carbons (Fsp3) is 0.133. The second-order valence-corrected chi connectivity index (χ2v) is 5.09. The van der Waals surface area contributed by atoms with Crippen LogP contribution in [0.4, 0.5) is 5.95 Å². The van der Waals surface area contributed by atoms with E-state index in [1.165, 1.54) is 5.56 Å². The van der Waals surface area contributed by atoms with Crippen LogP contribution in [0.15, 0.2) is 36.4 Å². The van der Waals surface area contributed by atoms with E-state index in [2.05, 4.69) is 11.1 Å². The molecule has 2 aromatic carbocycles. The summed E-state index contributed by atoms with van der Waals surface area (Å²) in [6.07, 6.45) is 0. The van der Waals surface area contributed by atoms with Crippen LogP contribution in [-0.2, 0) is 0 Å². The van der Waals surface area contributed by atoms with Gasteiger partial charge < -0.3 is 5.73 Å². The third kappa shape index (κ3) is 1.87. The number of nitrogen functional groups attached to an aromatic ring is 1. The minimum Gasteiger partial charge on any atom is -0.369 e. The van der Waals surface area contributed by atoms with Gasteiger partial charge in [-0.1, -0.05) is 23.7 Å². The molecule has 96 valence electrons. The molecule has 3 rings (SSSR count). The van der Waals surface area contributed by atoms with Gasteiger partial charge in [0.15, 0.2) is 0 Å². The fourth-order valence-electron chi connectivity index (χ4n) is 2.30. The molecular weight excluding hydrogens is 258 g/mol. The molecule has 1 aromatic heterocycles. The third-order valence-corrected chi connectivity index (χ3v) is 3.73. The molecule has 0 saturated carbocycles. The number of rotatable bonds is 1. The minimum absolute atomic E-state index is 0.478. The van der Waals surface area contributed by atoms with Crippen molar-refractivity contribution in [1.82, 2.24) is 9.55 Å². The number of aromatic nitrogens is 2. The van der Waals surface area contributed by atoms with E-state index in [-0.39, 0.29) is 0 Å². The Hall–Kier alpha value is -2.00. The van der Waals surface area contributed by atoms with Crippen molar-refractivity contribution in [2.75, 3.05) is 5.73 Å². The molecule has 3 nitrogen and oxygen atoms in total. The number of nitrogens with zero attached hydrogens (tertiary/aromatic N) is 2. The number of halogens is 1. The first-order chi connectivity index (χ1) is 9.08. The van der Waals surface area contributed by atoms with Crippen LogP contribution in [0, 0.1) is 13.8 Å². The Morgan fingerprint density at radius 3 is 2.74 bits per heavy atom. The Kier molecular flexibility index (Phi) is 2.72. The van der Waals surface area contributed by atoms with Gasteiger partial charge in [0.2, 0.25) is 5.95 Å². The van der Waals surface area contributed by atoms with Crippen LogP contribution in [0.5, 0.6) is 0 Å². The second kappa shape index (κ2) is 4.28. The highest BCUT2D eigenvalue weighted by molar-refractivity contribution is 6.31. The topological polar surface area (TPSA) is 43.8 Å². The van der Waals surface area contributed by atoms with Crippen LogP contribution in [0.2, 0.25) is 5.02 Å². The van der Waals surface area contributed by atoms with E-state index in [0.29, 0.717) is 5.95 Å². The zero-order valence-corrected chi connectivity index (χ0v) is 11.6. The van der Waals surface area contributed by atoms with E-state index in [0.717, 1.165) is 27.3 Å². The molecule has 0 unspecified atom stereocenters. The van der Waals surface area contributed by atoms with E-state index < -0.39 is 0 Å². The Morgan fingerprint density at radius 2 is 1.95 bits per heavy atom. The van der Waals surface area contributed by atoms with Gasteiger partial charge in [0.05, 0.1) is 16.7 Å². The molecule has 0 amide bonds. The van der Waals surface area contributed by atoms with Gasteiger partial charge in [0, 0.05) is 5.02 Å². The Morgan fingerprint density at radius 1 is 1.16 bits per heavy atom. The molecule has 19 heavy (non-hydrogen) atoms.